The SMILES string of the molecule is CCN(CCCNC(=NC)NCC(C)CN1CCOCC1)c1ccccc1.I. The van der Waals surface area contributed by atoms with Crippen LogP contribution in [0.3, 0.4) is 0 Å². The van der Waals surface area contributed by atoms with Gasteiger partial charge in [0.25, 0.3) is 0 Å². The van der Waals surface area contributed by atoms with Crippen LogP contribution in [0.4, 0.5) is 5.69 Å². The molecule has 0 radical (unpaired) electrons. The average Bonchev–Trinajstić information content (AvgIpc) is 2.71. The van der Waals surface area contributed by atoms with Crippen LogP contribution in [-0.4, -0.2) is 76.9 Å². The Balaban J connectivity index is 0.00000392. The van der Waals surface area contributed by atoms with Gasteiger partial charge in [-0.05, 0) is 31.4 Å². The fraction of sp³-hybridized carbons (Fsp3) is 0.667. The highest BCUT2D eigenvalue weighted by molar-refractivity contribution is 14.0. The van der Waals surface area contributed by atoms with E-state index in [9.17, 15) is 0 Å². The highest BCUT2D eigenvalue weighted by Crippen LogP contribution is 2.12. The number of ether oxygens (including phenoxy) is 1. The number of nitrogens with one attached hydrogen (secondary N) is 2. The molecule has 1 heterocycles. The Morgan fingerprint density at radius 3 is 2.57 bits per heavy atom. The van der Waals surface area contributed by atoms with E-state index in [1.807, 2.05) is 7.05 Å². The summed E-state index contributed by atoms with van der Waals surface area (Å²) in [5.41, 5.74) is 1.29. The number of halogens is 1. The molecule has 1 aromatic rings. The van der Waals surface area contributed by atoms with E-state index in [0.29, 0.717) is 5.92 Å². The third-order valence-electron chi connectivity index (χ3n) is 4.92. The lowest BCUT2D eigenvalue weighted by atomic mass is 10.1. The van der Waals surface area contributed by atoms with E-state index < -0.39 is 0 Å². The van der Waals surface area contributed by atoms with Crippen LogP contribution in [-0.2, 0) is 4.74 Å². The predicted molar refractivity (Wildman–Crippen MR) is 130 cm³/mol. The Kier molecular flexibility index (Phi) is 13.3. The van der Waals surface area contributed by atoms with Gasteiger partial charge in [-0.25, -0.2) is 0 Å². The first kappa shape index (κ1) is 25.0. The van der Waals surface area contributed by atoms with Gasteiger partial charge in [-0.2, -0.15) is 0 Å². The zero-order valence-corrected chi connectivity index (χ0v) is 20.0. The molecule has 2 N–H and O–H groups in total. The number of rotatable bonds is 10. The lowest BCUT2D eigenvalue weighted by Gasteiger charge is -2.29. The van der Waals surface area contributed by atoms with E-state index in [-0.39, 0.29) is 24.0 Å². The van der Waals surface area contributed by atoms with E-state index >= 15 is 0 Å². The summed E-state index contributed by atoms with van der Waals surface area (Å²) in [4.78, 5) is 9.24. The third kappa shape index (κ3) is 9.43. The predicted octanol–water partition coefficient (Wildman–Crippen LogP) is 2.65. The number of morpholine rings is 1. The van der Waals surface area contributed by atoms with E-state index in [2.05, 4.69) is 69.6 Å². The summed E-state index contributed by atoms with van der Waals surface area (Å²) >= 11 is 0. The molecule has 1 aromatic carbocycles. The minimum atomic E-state index is 0. The molecular weight excluding hydrogens is 465 g/mol. The van der Waals surface area contributed by atoms with Gasteiger partial charge in [-0.1, -0.05) is 25.1 Å². The standard InChI is InChI=1S/C21H37N5O.HI/c1-4-26(20-9-6-5-7-10-20)12-8-11-23-21(22-3)24-17-19(2)18-25-13-15-27-16-14-25;/h5-7,9-10,19H,4,8,11-18H2,1-3H3,(H2,22,23,24);1H. The monoisotopic (exact) mass is 503 g/mol. The molecule has 0 aliphatic carbocycles. The van der Waals surface area contributed by atoms with Crippen molar-refractivity contribution in [3.8, 4) is 0 Å². The van der Waals surface area contributed by atoms with Gasteiger partial charge >= 0.3 is 0 Å². The van der Waals surface area contributed by atoms with E-state index in [1.165, 1.54) is 5.69 Å². The van der Waals surface area contributed by atoms with Crippen LogP contribution in [0.1, 0.15) is 20.3 Å². The molecule has 6 nitrogen and oxygen atoms in total. The Morgan fingerprint density at radius 2 is 1.93 bits per heavy atom. The lowest BCUT2D eigenvalue weighted by Crippen LogP contribution is -2.44. The first-order valence-corrected chi connectivity index (χ1v) is 10.3. The molecule has 1 aliphatic rings. The summed E-state index contributed by atoms with van der Waals surface area (Å²) in [5.74, 6) is 1.47. The number of aliphatic imine (C=N–C) groups is 1. The molecule has 28 heavy (non-hydrogen) atoms. The Labute approximate surface area is 188 Å². The maximum Gasteiger partial charge on any atom is 0.190 e. The minimum absolute atomic E-state index is 0. The molecule has 1 unspecified atom stereocenters. The van der Waals surface area contributed by atoms with Crippen LogP contribution in [0.25, 0.3) is 0 Å². The molecule has 0 saturated carbocycles. The minimum Gasteiger partial charge on any atom is -0.379 e. The molecule has 1 aliphatic heterocycles. The first-order valence-electron chi connectivity index (χ1n) is 10.3. The second-order valence-corrected chi connectivity index (χ2v) is 7.17. The van der Waals surface area contributed by atoms with Gasteiger partial charge in [0, 0.05) is 58.5 Å². The van der Waals surface area contributed by atoms with Crippen molar-refractivity contribution in [2.45, 2.75) is 20.3 Å². The van der Waals surface area contributed by atoms with Gasteiger partial charge in [0.15, 0.2) is 5.96 Å². The van der Waals surface area contributed by atoms with E-state index in [4.69, 9.17) is 4.74 Å². The van der Waals surface area contributed by atoms with Gasteiger partial charge in [0.05, 0.1) is 13.2 Å². The molecule has 0 spiro atoms. The van der Waals surface area contributed by atoms with Crippen molar-refractivity contribution in [2.24, 2.45) is 10.9 Å². The number of benzene rings is 1. The van der Waals surface area contributed by atoms with Crippen molar-refractivity contribution in [1.29, 1.82) is 0 Å². The van der Waals surface area contributed by atoms with Crippen LogP contribution in [0.15, 0.2) is 35.3 Å². The second-order valence-electron chi connectivity index (χ2n) is 7.17. The van der Waals surface area contributed by atoms with Gasteiger partial charge in [0.1, 0.15) is 0 Å². The fourth-order valence-electron chi connectivity index (χ4n) is 3.37. The van der Waals surface area contributed by atoms with Gasteiger partial charge < -0.3 is 20.3 Å². The van der Waals surface area contributed by atoms with Gasteiger partial charge in [-0.3, -0.25) is 9.89 Å². The van der Waals surface area contributed by atoms with Crippen molar-refractivity contribution in [1.82, 2.24) is 15.5 Å². The molecule has 0 aromatic heterocycles. The first-order chi connectivity index (χ1) is 13.2. The van der Waals surface area contributed by atoms with E-state index in [1.54, 1.807) is 0 Å². The zero-order chi connectivity index (χ0) is 19.3. The largest absolute Gasteiger partial charge is 0.379 e. The average molecular weight is 503 g/mol. The molecule has 1 fully saturated rings. The van der Waals surface area contributed by atoms with Crippen molar-refractivity contribution >= 4 is 35.6 Å². The number of hydrogen-bond donors (Lipinski definition) is 2. The maximum absolute atomic E-state index is 5.41. The number of nitrogens with zero attached hydrogens (tertiary/aromatic N) is 3. The summed E-state index contributed by atoms with van der Waals surface area (Å²) in [7, 11) is 1.84. The molecule has 1 atom stereocenters. The quantitative estimate of drug-likeness (QED) is 0.223. The van der Waals surface area contributed by atoms with Crippen LogP contribution in [0, 0.1) is 5.92 Å². The maximum atomic E-state index is 5.41. The molecule has 160 valence electrons. The topological polar surface area (TPSA) is 52.1 Å². The highest BCUT2D eigenvalue weighted by atomic mass is 127. The second kappa shape index (κ2) is 14.9. The van der Waals surface area contributed by atoms with E-state index in [0.717, 1.165) is 71.4 Å². The Hall–Kier alpha value is -1.06. The summed E-state index contributed by atoms with van der Waals surface area (Å²) in [5, 5.41) is 6.90. The van der Waals surface area contributed by atoms with Crippen molar-refractivity contribution in [3.63, 3.8) is 0 Å². The van der Waals surface area contributed by atoms with Crippen LogP contribution in [0.2, 0.25) is 0 Å². The normalized spacial score (nSPS) is 16.2. The summed E-state index contributed by atoms with van der Waals surface area (Å²) in [6.07, 6.45) is 1.08. The molecule has 1 saturated heterocycles. The lowest BCUT2D eigenvalue weighted by molar-refractivity contribution is 0.0320. The van der Waals surface area contributed by atoms with Crippen LogP contribution >= 0.6 is 24.0 Å². The fourth-order valence-corrected chi connectivity index (χ4v) is 3.37. The summed E-state index contributed by atoms with van der Waals surface area (Å²) < 4.78 is 5.41. The van der Waals surface area contributed by atoms with Crippen molar-refractivity contribution in [3.05, 3.63) is 30.3 Å². The molecule has 2 rings (SSSR count). The number of guanidine groups is 1. The van der Waals surface area contributed by atoms with Crippen molar-refractivity contribution < 1.29 is 4.74 Å². The molecule has 0 bridgehead atoms. The third-order valence-corrected chi connectivity index (χ3v) is 4.92. The number of hydrogen-bond acceptors (Lipinski definition) is 4. The smallest absolute Gasteiger partial charge is 0.190 e. The zero-order valence-electron chi connectivity index (χ0n) is 17.7. The summed E-state index contributed by atoms with van der Waals surface area (Å²) in [6.45, 7) is 13.3. The number of anilines is 1. The molecule has 7 heteroatoms. The summed E-state index contributed by atoms with van der Waals surface area (Å²) in [6, 6.07) is 10.6. The molecule has 0 amide bonds. The highest BCUT2D eigenvalue weighted by Gasteiger charge is 2.14. The molecular formula is C21H38IN5O. The Bertz CT molecular complexity index is 537. The van der Waals surface area contributed by atoms with Crippen molar-refractivity contribution in [2.75, 3.05) is 71.0 Å². The van der Waals surface area contributed by atoms with Crippen LogP contribution in [0.5, 0.6) is 0 Å². The van der Waals surface area contributed by atoms with Gasteiger partial charge in [-0.15, -0.1) is 24.0 Å². The van der Waals surface area contributed by atoms with Crippen LogP contribution < -0.4 is 15.5 Å². The number of para-hydroxylation sites is 1. The Morgan fingerprint density at radius 1 is 1.21 bits per heavy atom. The van der Waals surface area contributed by atoms with Gasteiger partial charge in [0.2, 0.25) is 0 Å².